The second-order valence-electron chi connectivity index (χ2n) is 11.9. The number of rotatable bonds is 6. The lowest BCUT2D eigenvalue weighted by Gasteiger charge is -2.32. The lowest BCUT2D eigenvalue weighted by Crippen LogP contribution is -2.43. The third-order valence-electron chi connectivity index (χ3n) is 9.05. The fraction of sp³-hybridized carbons (Fsp3) is 0.545. The van der Waals surface area contributed by atoms with E-state index in [0.717, 1.165) is 89.2 Å². The van der Waals surface area contributed by atoms with Gasteiger partial charge in [0.2, 0.25) is 5.95 Å². The van der Waals surface area contributed by atoms with Crippen molar-refractivity contribution in [2.45, 2.75) is 94.7 Å². The largest absolute Gasteiger partial charge is 0.378 e. The summed E-state index contributed by atoms with van der Waals surface area (Å²) >= 11 is 0. The summed E-state index contributed by atoms with van der Waals surface area (Å²) in [5, 5.41) is 15.5. The molecule has 7 heteroatoms. The molecule has 2 N–H and O–H groups in total. The first-order valence-electron chi connectivity index (χ1n) is 15.3. The molecule has 0 unspecified atom stereocenters. The molecule has 1 aromatic carbocycles. The van der Waals surface area contributed by atoms with Gasteiger partial charge in [-0.15, -0.1) is 0 Å². The summed E-state index contributed by atoms with van der Waals surface area (Å²) in [4.78, 5) is 25.5. The number of aliphatic hydroxyl groups is 1. The van der Waals surface area contributed by atoms with E-state index in [1.165, 1.54) is 5.56 Å². The van der Waals surface area contributed by atoms with E-state index < -0.39 is 5.60 Å². The van der Waals surface area contributed by atoms with Crippen molar-refractivity contribution in [3.8, 4) is 11.8 Å². The van der Waals surface area contributed by atoms with E-state index in [2.05, 4.69) is 52.4 Å². The van der Waals surface area contributed by atoms with Crippen LogP contribution in [0.5, 0.6) is 0 Å². The first kappa shape index (κ1) is 27.0. The van der Waals surface area contributed by atoms with Crippen molar-refractivity contribution in [2.24, 2.45) is 0 Å². The maximum Gasteiger partial charge on any atom is 0.253 e. The van der Waals surface area contributed by atoms with Crippen LogP contribution in [0.25, 0.3) is 11.0 Å². The summed E-state index contributed by atoms with van der Waals surface area (Å²) in [5.74, 6) is 6.99. The molecular weight excluding hydrogens is 498 g/mol. The molecule has 0 radical (unpaired) electrons. The first-order chi connectivity index (χ1) is 19.6. The van der Waals surface area contributed by atoms with E-state index in [1.807, 2.05) is 10.8 Å². The molecule has 2 saturated carbocycles. The Bertz CT molecular complexity index is 1420. The average molecular weight is 540 g/mol. The Morgan fingerprint density at radius 1 is 1.00 bits per heavy atom. The van der Waals surface area contributed by atoms with Crippen LogP contribution in [-0.4, -0.2) is 50.9 Å². The molecule has 7 nitrogen and oxygen atoms in total. The highest BCUT2D eigenvalue weighted by Gasteiger charge is 2.28. The second kappa shape index (κ2) is 12.1. The van der Waals surface area contributed by atoms with E-state index in [0.29, 0.717) is 36.0 Å². The Balaban J connectivity index is 1.22. The summed E-state index contributed by atoms with van der Waals surface area (Å²) in [5.41, 5.74) is 1.66. The average Bonchev–Trinajstić information content (AvgIpc) is 3.51. The molecule has 3 aliphatic rings. The van der Waals surface area contributed by atoms with Crippen molar-refractivity contribution in [1.29, 1.82) is 0 Å². The summed E-state index contributed by atoms with van der Waals surface area (Å²) in [6, 6.07) is 12.9. The fourth-order valence-electron chi connectivity index (χ4n) is 6.68. The Hall–Kier alpha value is -3.21. The smallest absolute Gasteiger partial charge is 0.253 e. The van der Waals surface area contributed by atoms with Crippen molar-refractivity contribution in [3.63, 3.8) is 0 Å². The lowest BCUT2D eigenvalue weighted by atomic mass is 9.85. The number of pyridine rings is 1. The molecule has 3 heterocycles. The predicted molar refractivity (Wildman–Crippen MR) is 160 cm³/mol. The fourth-order valence-corrected chi connectivity index (χ4v) is 6.68. The van der Waals surface area contributed by atoms with Crippen molar-refractivity contribution < 1.29 is 5.11 Å². The van der Waals surface area contributed by atoms with Crippen LogP contribution >= 0.6 is 0 Å². The number of benzene rings is 1. The number of fused-ring (bicyclic) bond motifs is 1. The van der Waals surface area contributed by atoms with Crippen LogP contribution in [0, 0.1) is 11.8 Å². The second-order valence-corrected chi connectivity index (χ2v) is 11.9. The Morgan fingerprint density at radius 3 is 2.50 bits per heavy atom. The molecule has 0 spiro atoms. The van der Waals surface area contributed by atoms with Crippen molar-refractivity contribution in [2.75, 3.05) is 24.5 Å². The summed E-state index contributed by atoms with van der Waals surface area (Å²) in [6.45, 7) is 2.75. The molecule has 2 aliphatic carbocycles. The zero-order valence-corrected chi connectivity index (χ0v) is 23.4. The van der Waals surface area contributed by atoms with Crippen LogP contribution in [0.3, 0.4) is 0 Å². The first-order valence-corrected chi connectivity index (χ1v) is 15.3. The highest BCUT2D eigenvalue weighted by molar-refractivity contribution is 5.82. The van der Waals surface area contributed by atoms with Crippen molar-refractivity contribution in [3.05, 3.63) is 64.1 Å². The van der Waals surface area contributed by atoms with Gasteiger partial charge in [-0.25, -0.2) is 4.98 Å². The number of aromatic nitrogens is 3. The maximum atomic E-state index is 13.5. The normalized spacial score (nSPS) is 20.0. The molecule has 1 saturated heterocycles. The van der Waals surface area contributed by atoms with Gasteiger partial charge in [0.25, 0.3) is 5.56 Å². The zero-order chi connectivity index (χ0) is 27.4. The number of hydrogen-bond donors (Lipinski definition) is 2. The molecule has 2 aromatic heterocycles. The van der Waals surface area contributed by atoms with Crippen LogP contribution < -0.4 is 15.8 Å². The van der Waals surface area contributed by atoms with Gasteiger partial charge in [0.05, 0.1) is 5.39 Å². The number of hydrogen-bond acceptors (Lipinski definition) is 6. The molecule has 0 atom stereocenters. The summed E-state index contributed by atoms with van der Waals surface area (Å²) < 4.78 is 1.89. The SMILES string of the molecule is O=c1cc(C#CC2(O)CCCCC2)c2cnc(N3CCC(NCCc4ccccc4)CC3)nc2n1C1CCCC1. The highest BCUT2D eigenvalue weighted by Crippen LogP contribution is 2.32. The van der Waals surface area contributed by atoms with E-state index in [9.17, 15) is 9.90 Å². The van der Waals surface area contributed by atoms with Crippen LogP contribution in [0.1, 0.15) is 87.8 Å². The van der Waals surface area contributed by atoms with Crippen molar-refractivity contribution >= 4 is 17.0 Å². The quantitative estimate of drug-likeness (QED) is 0.440. The Morgan fingerprint density at radius 2 is 1.75 bits per heavy atom. The summed E-state index contributed by atoms with van der Waals surface area (Å²) in [6.07, 6.45) is 13.7. The molecule has 40 heavy (non-hydrogen) atoms. The summed E-state index contributed by atoms with van der Waals surface area (Å²) in [7, 11) is 0. The molecule has 210 valence electrons. The topological polar surface area (TPSA) is 83.3 Å². The minimum Gasteiger partial charge on any atom is -0.378 e. The number of nitrogens with one attached hydrogen (secondary N) is 1. The van der Waals surface area contributed by atoms with E-state index >= 15 is 0 Å². The third kappa shape index (κ3) is 6.09. The van der Waals surface area contributed by atoms with Gasteiger partial charge in [0.15, 0.2) is 0 Å². The van der Waals surface area contributed by atoms with Gasteiger partial charge >= 0.3 is 0 Å². The number of anilines is 1. The van der Waals surface area contributed by atoms with Gasteiger partial charge in [-0.3, -0.25) is 9.36 Å². The Kier molecular flexibility index (Phi) is 8.17. The molecule has 6 rings (SSSR count). The standard InChI is InChI=1S/C33H41N5O2/c39-30-23-26(13-19-33(40)17-7-2-8-18-33)29-24-35-32(36-31(29)38(30)28-11-5-6-12-28)37-21-15-27(16-22-37)34-20-14-25-9-3-1-4-10-25/h1,3-4,9-10,23-24,27-28,34,40H,2,5-8,11-12,14-18,20-22H2. The van der Waals surface area contributed by atoms with Crippen LogP contribution in [-0.2, 0) is 6.42 Å². The zero-order valence-electron chi connectivity index (χ0n) is 23.4. The van der Waals surface area contributed by atoms with Gasteiger partial charge in [0.1, 0.15) is 11.2 Å². The highest BCUT2D eigenvalue weighted by atomic mass is 16.3. The molecular formula is C33H41N5O2. The molecule has 0 amide bonds. The van der Waals surface area contributed by atoms with Gasteiger partial charge in [-0.1, -0.05) is 61.4 Å². The molecule has 1 aliphatic heterocycles. The molecule has 3 fully saturated rings. The van der Waals surface area contributed by atoms with Gasteiger partial charge in [-0.05, 0) is 69.9 Å². The third-order valence-corrected chi connectivity index (χ3v) is 9.05. The monoisotopic (exact) mass is 539 g/mol. The van der Waals surface area contributed by atoms with Crippen molar-refractivity contribution in [1.82, 2.24) is 19.9 Å². The van der Waals surface area contributed by atoms with E-state index in [4.69, 9.17) is 9.97 Å². The number of nitrogens with zero attached hydrogens (tertiary/aromatic N) is 4. The van der Waals surface area contributed by atoms with Crippen LogP contribution in [0.2, 0.25) is 0 Å². The number of piperidine rings is 1. The van der Waals surface area contributed by atoms with Gasteiger partial charge < -0.3 is 15.3 Å². The van der Waals surface area contributed by atoms with Crippen LogP contribution in [0.4, 0.5) is 5.95 Å². The molecule has 3 aromatic rings. The lowest BCUT2D eigenvalue weighted by molar-refractivity contribution is 0.0610. The molecule has 0 bridgehead atoms. The Labute approximate surface area is 237 Å². The van der Waals surface area contributed by atoms with E-state index in [1.54, 1.807) is 6.07 Å². The maximum absolute atomic E-state index is 13.5. The van der Waals surface area contributed by atoms with Crippen LogP contribution in [0.15, 0.2) is 47.4 Å². The minimum absolute atomic E-state index is 0.0506. The van der Waals surface area contributed by atoms with Gasteiger partial charge in [-0.2, -0.15) is 4.98 Å². The predicted octanol–water partition coefficient (Wildman–Crippen LogP) is 4.75. The minimum atomic E-state index is -0.967. The van der Waals surface area contributed by atoms with E-state index in [-0.39, 0.29) is 11.6 Å². The van der Waals surface area contributed by atoms with Gasteiger partial charge in [0, 0.05) is 43.0 Å².